The Morgan fingerprint density at radius 3 is 1.96 bits per heavy atom. The van der Waals surface area contributed by atoms with Crippen molar-refractivity contribution in [2.75, 3.05) is 11.9 Å². The summed E-state index contributed by atoms with van der Waals surface area (Å²) < 4.78 is 4.77. The highest BCUT2D eigenvalue weighted by atomic mass is 35.5. The smallest absolute Gasteiger partial charge is 0.339 e. The summed E-state index contributed by atoms with van der Waals surface area (Å²) in [4.78, 5) is 44.3. The SMILES string of the molecule is Cc1c([N+](=O)[O-])cc(C(=O)OCC(=O)Nc2cc(Cl)cc(Cl)c2)cc1[N+](=O)[O-]. The van der Waals surface area contributed by atoms with E-state index in [1.165, 1.54) is 25.1 Å². The molecule has 0 bridgehead atoms. The van der Waals surface area contributed by atoms with Crippen molar-refractivity contribution in [3.8, 4) is 0 Å². The number of ether oxygens (including phenoxy) is 1. The molecule has 0 fully saturated rings. The predicted molar refractivity (Wildman–Crippen MR) is 99.9 cm³/mol. The molecule has 1 amide bonds. The lowest BCUT2D eigenvalue weighted by Crippen LogP contribution is -2.21. The van der Waals surface area contributed by atoms with Gasteiger partial charge in [0.15, 0.2) is 6.61 Å². The summed E-state index contributed by atoms with van der Waals surface area (Å²) in [6, 6.07) is 5.98. The van der Waals surface area contributed by atoms with E-state index >= 15 is 0 Å². The number of hydrogen-bond donors (Lipinski definition) is 1. The Balaban J connectivity index is 2.13. The van der Waals surface area contributed by atoms with Crippen molar-refractivity contribution in [1.29, 1.82) is 0 Å². The Morgan fingerprint density at radius 1 is 1.00 bits per heavy atom. The van der Waals surface area contributed by atoms with Gasteiger partial charge >= 0.3 is 5.97 Å². The maximum absolute atomic E-state index is 12.1. The van der Waals surface area contributed by atoms with E-state index in [4.69, 9.17) is 27.9 Å². The fourth-order valence-electron chi connectivity index (χ4n) is 2.22. The number of halogens is 2. The van der Waals surface area contributed by atoms with E-state index in [1.54, 1.807) is 0 Å². The molecule has 10 nitrogen and oxygen atoms in total. The minimum atomic E-state index is -1.13. The van der Waals surface area contributed by atoms with E-state index in [-0.39, 0.29) is 21.3 Å². The maximum Gasteiger partial charge on any atom is 0.339 e. The zero-order chi connectivity index (χ0) is 21.0. The molecule has 0 radical (unpaired) electrons. The number of hydrogen-bond acceptors (Lipinski definition) is 7. The van der Waals surface area contributed by atoms with Gasteiger partial charge in [-0.05, 0) is 25.1 Å². The van der Waals surface area contributed by atoms with Crippen LogP contribution in [-0.4, -0.2) is 28.3 Å². The van der Waals surface area contributed by atoms with Gasteiger partial charge in [-0.1, -0.05) is 23.2 Å². The van der Waals surface area contributed by atoms with Crippen LogP contribution in [-0.2, 0) is 9.53 Å². The fourth-order valence-corrected chi connectivity index (χ4v) is 2.74. The molecule has 0 aromatic heterocycles. The van der Waals surface area contributed by atoms with Crippen LogP contribution in [0.2, 0.25) is 10.0 Å². The zero-order valence-corrected chi connectivity index (χ0v) is 15.6. The molecule has 0 heterocycles. The number of esters is 1. The normalized spacial score (nSPS) is 10.2. The fraction of sp³-hybridized carbons (Fsp3) is 0.125. The summed E-state index contributed by atoms with van der Waals surface area (Å²) >= 11 is 11.6. The molecule has 0 aliphatic carbocycles. The van der Waals surface area contributed by atoms with Crippen molar-refractivity contribution in [3.63, 3.8) is 0 Å². The van der Waals surface area contributed by atoms with Crippen LogP contribution in [0, 0.1) is 27.2 Å². The molecule has 2 aromatic rings. The third-order valence-corrected chi connectivity index (χ3v) is 3.90. The molecule has 1 N–H and O–H groups in total. The molecule has 2 aromatic carbocycles. The quantitative estimate of drug-likeness (QED) is 0.418. The maximum atomic E-state index is 12.1. The number of rotatable bonds is 6. The van der Waals surface area contributed by atoms with Crippen molar-refractivity contribution in [1.82, 2.24) is 0 Å². The first-order chi connectivity index (χ1) is 13.1. The van der Waals surface area contributed by atoms with Gasteiger partial charge in [0.1, 0.15) is 5.56 Å². The van der Waals surface area contributed by atoms with Crippen LogP contribution < -0.4 is 5.32 Å². The lowest BCUT2D eigenvalue weighted by molar-refractivity contribution is -0.395. The molecule has 0 spiro atoms. The summed E-state index contributed by atoms with van der Waals surface area (Å²) in [6.45, 7) is 0.452. The van der Waals surface area contributed by atoms with Crippen molar-refractivity contribution < 1.29 is 24.2 Å². The van der Waals surface area contributed by atoms with Crippen LogP contribution in [0.25, 0.3) is 0 Å². The average molecular weight is 428 g/mol. The number of carbonyl (C=O) groups excluding carboxylic acids is 2. The Labute approximate surface area is 167 Å². The molecular weight excluding hydrogens is 417 g/mol. The Kier molecular flexibility index (Phi) is 6.49. The van der Waals surface area contributed by atoms with Crippen LogP contribution in [0.3, 0.4) is 0 Å². The zero-order valence-electron chi connectivity index (χ0n) is 14.1. The third kappa shape index (κ3) is 5.15. The predicted octanol–water partition coefficient (Wildman–Crippen LogP) is 3.91. The van der Waals surface area contributed by atoms with E-state index in [0.717, 1.165) is 12.1 Å². The number of nitrogens with one attached hydrogen (secondary N) is 1. The lowest BCUT2D eigenvalue weighted by atomic mass is 10.1. The minimum absolute atomic E-state index is 0.206. The molecule has 2 rings (SSSR count). The van der Waals surface area contributed by atoms with Crippen LogP contribution in [0.1, 0.15) is 15.9 Å². The van der Waals surface area contributed by atoms with Gasteiger partial charge in [-0.2, -0.15) is 0 Å². The van der Waals surface area contributed by atoms with E-state index < -0.39 is 45.3 Å². The highest BCUT2D eigenvalue weighted by Crippen LogP contribution is 2.29. The summed E-state index contributed by atoms with van der Waals surface area (Å²) in [5.41, 5.74) is -1.59. The second kappa shape index (κ2) is 8.63. The van der Waals surface area contributed by atoms with Crippen molar-refractivity contribution in [2.45, 2.75) is 6.92 Å². The molecule has 0 aliphatic rings. The second-order valence-corrected chi connectivity index (χ2v) is 6.31. The molecule has 0 atom stereocenters. The van der Waals surface area contributed by atoms with Crippen LogP contribution in [0.5, 0.6) is 0 Å². The highest BCUT2D eigenvalue weighted by molar-refractivity contribution is 6.35. The van der Waals surface area contributed by atoms with Crippen molar-refractivity contribution in [2.24, 2.45) is 0 Å². The second-order valence-electron chi connectivity index (χ2n) is 5.44. The molecule has 0 saturated carbocycles. The van der Waals surface area contributed by atoms with Crippen molar-refractivity contribution >= 4 is 52.1 Å². The number of nitrogens with zero attached hydrogens (tertiary/aromatic N) is 2. The van der Waals surface area contributed by atoms with Crippen molar-refractivity contribution in [3.05, 3.63) is 71.7 Å². The van der Waals surface area contributed by atoms with Gasteiger partial charge in [-0.25, -0.2) is 4.79 Å². The summed E-state index contributed by atoms with van der Waals surface area (Å²) in [5.74, 6) is -1.87. The average Bonchev–Trinajstić information content (AvgIpc) is 2.58. The standard InChI is InChI=1S/C16H11Cl2N3O7/c1-8-13(20(24)25)2-9(3-14(8)21(26)27)16(23)28-7-15(22)19-12-5-10(17)4-11(18)6-12/h2-6H,7H2,1H3,(H,19,22). The number of anilines is 1. The van der Waals surface area contributed by atoms with E-state index in [1.807, 2.05) is 0 Å². The topological polar surface area (TPSA) is 142 Å². The number of benzene rings is 2. The summed E-state index contributed by atoms with van der Waals surface area (Å²) in [7, 11) is 0. The summed E-state index contributed by atoms with van der Waals surface area (Å²) in [5, 5.41) is 25.0. The third-order valence-electron chi connectivity index (χ3n) is 3.46. The first-order valence-electron chi connectivity index (χ1n) is 7.45. The summed E-state index contributed by atoms with van der Waals surface area (Å²) in [6.07, 6.45) is 0. The highest BCUT2D eigenvalue weighted by Gasteiger charge is 2.26. The van der Waals surface area contributed by atoms with E-state index in [0.29, 0.717) is 0 Å². The number of carbonyl (C=O) groups is 2. The van der Waals surface area contributed by atoms with Gasteiger partial charge < -0.3 is 10.1 Å². The van der Waals surface area contributed by atoms with Gasteiger partial charge in [0.2, 0.25) is 0 Å². The number of amides is 1. The van der Waals surface area contributed by atoms with Gasteiger partial charge in [0.25, 0.3) is 17.3 Å². The lowest BCUT2D eigenvalue weighted by Gasteiger charge is -2.08. The molecule has 146 valence electrons. The van der Waals surface area contributed by atoms with Crippen LogP contribution in [0.15, 0.2) is 30.3 Å². The van der Waals surface area contributed by atoms with Gasteiger partial charge in [0.05, 0.1) is 15.4 Å². The molecule has 28 heavy (non-hydrogen) atoms. The number of nitro benzene ring substituents is 2. The van der Waals surface area contributed by atoms with Crippen LogP contribution in [0.4, 0.5) is 17.1 Å². The monoisotopic (exact) mass is 427 g/mol. The molecule has 0 saturated heterocycles. The first-order valence-corrected chi connectivity index (χ1v) is 8.20. The Morgan fingerprint density at radius 2 is 1.50 bits per heavy atom. The minimum Gasteiger partial charge on any atom is -0.452 e. The van der Waals surface area contributed by atoms with Crippen LogP contribution >= 0.6 is 23.2 Å². The van der Waals surface area contributed by atoms with Gasteiger partial charge in [-0.3, -0.25) is 25.0 Å². The van der Waals surface area contributed by atoms with Gasteiger partial charge in [-0.15, -0.1) is 0 Å². The van der Waals surface area contributed by atoms with E-state index in [2.05, 4.69) is 5.32 Å². The molecule has 12 heteroatoms. The molecular formula is C16H11Cl2N3O7. The Bertz CT molecular complexity index is 939. The van der Waals surface area contributed by atoms with Gasteiger partial charge in [0, 0.05) is 27.9 Å². The Hall–Kier alpha value is -3.24. The molecule has 0 aliphatic heterocycles. The largest absolute Gasteiger partial charge is 0.452 e. The number of nitro groups is 2. The van der Waals surface area contributed by atoms with E-state index in [9.17, 15) is 29.8 Å². The first kappa shape index (κ1) is 21.1. The molecule has 0 unspecified atom stereocenters.